The third-order valence-electron chi connectivity index (χ3n) is 3.44. The summed E-state index contributed by atoms with van der Waals surface area (Å²) in [6.45, 7) is 0.591. The number of urea groups is 1. The van der Waals surface area contributed by atoms with E-state index < -0.39 is 0 Å². The average Bonchev–Trinajstić information content (AvgIpc) is 2.88. The zero-order valence-corrected chi connectivity index (χ0v) is 12.6. The lowest BCUT2D eigenvalue weighted by Crippen LogP contribution is -2.33. The number of anilines is 3. The molecule has 0 saturated carbocycles. The molecule has 2 amide bonds. The van der Waals surface area contributed by atoms with Crippen LogP contribution in [0.5, 0.6) is 0 Å². The number of hydrogen-bond acceptors (Lipinski definition) is 2. The van der Waals surface area contributed by atoms with Crippen LogP contribution < -0.4 is 16.0 Å². The summed E-state index contributed by atoms with van der Waals surface area (Å²) in [6.07, 6.45) is 0.789. The minimum atomic E-state index is -0.268. The lowest BCUT2D eigenvalue weighted by atomic mass is 10.1. The van der Waals surface area contributed by atoms with Gasteiger partial charge in [0.1, 0.15) is 0 Å². The molecule has 21 heavy (non-hydrogen) atoms. The first kappa shape index (κ1) is 14.0. The van der Waals surface area contributed by atoms with Gasteiger partial charge >= 0.3 is 6.03 Å². The van der Waals surface area contributed by atoms with Crippen LogP contribution in [-0.2, 0) is 6.42 Å². The Hall–Kier alpha value is -1.91. The Morgan fingerprint density at radius 3 is 2.86 bits per heavy atom. The van der Waals surface area contributed by atoms with E-state index in [-0.39, 0.29) is 6.03 Å². The van der Waals surface area contributed by atoms with Crippen LogP contribution in [0.3, 0.4) is 0 Å². The molecule has 0 fully saturated rings. The molecule has 108 valence electrons. The number of carbonyl (C=O) groups excluding carboxylic acids is 1. The van der Waals surface area contributed by atoms with E-state index in [4.69, 9.17) is 28.9 Å². The molecule has 0 spiro atoms. The molecule has 3 N–H and O–H groups in total. The van der Waals surface area contributed by atoms with Crippen LogP contribution in [0.15, 0.2) is 36.4 Å². The van der Waals surface area contributed by atoms with Crippen molar-refractivity contribution in [3.63, 3.8) is 0 Å². The maximum atomic E-state index is 12.5. The van der Waals surface area contributed by atoms with Gasteiger partial charge in [0.25, 0.3) is 0 Å². The van der Waals surface area contributed by atoms with Crippen LogP contribution >= 0.6 is 23.2 Å². The van der Waals surface area contributed by atoms with Crippen LogP contribution in [0.25, 0.3) is 0 Å². The molecule has 0 radical (unpaired) electrons. The maximum Gasteiger partial charge on any atom is 0.326 e. The second-order valence-electron chi connectivity index (χ2n) is 4.81. The van der Waals surface area contributed by atoms with Gasteiger partial charge in [-0.1, -0.05) is 35.3 Å². The fraction of sp³-hybridized carbons (Fsp3) is 0.133. The fourth-order valence-electron chi connectivity index (χ4n) is 2.47. The number of nitrogen functional groups attached to an aromatic ring is 1. The molecule has 0 saturated heterocycles. The van der Waals surface area contributed by atoms with E-state index in [1.165, 1.54) is 0 Å². The number of nitrogens with two attached hydrogens (primary N) is 1. The van der Waals surface area contributed by atoms with Gasteiger partial charge in [-0.2, -0.15) is 0 Å². The number of para-hydroxylation sites is 1. The Bertz CT molecular complexity index is 718. The first-order chi connectivity index (χ1) is 10.1. The number of fused-ring (bicyclic) bond motifs is 1. The smallest absolute Gasteiger partial charge is 0.326 e. The molecule has 0 unspecified atom stereocenters. The number of benzene rings is 2. The summed E-state index contributed by atoms with van der Waals surface area (Å²) in [5.74, 6) is 0. The molecule has 1 aliphatic heterocycles. The summed E-state index contributed by atoms with van der Waals surface area (Å²) >= 11 is 12.0. The van der Waals surface area contributed by atoms with E-state index in [2.05, 4.69) is 5.32 Å². The highest BCUT2D eigenvalue weighted by Gasteiger charge is 2.26. The molecule has 3 rings (SSSR count). The maximum absolute atomic E-state index is 12.5. The van der Waals surface area contributed by atoms with Crippen LogP contribution in [0, 0.1) is 0 Å². The van der Waals surface area contributed by atoms with E-state index in [1.54, 1.807) is 29.2 Å². The number of nitrogens with zero attached hydrogens (tertiary/aromatic N) is 1. The molecule has 0 aromatic heterocycles. The van der Waals surface area contributed by atoms with Crippen molar-refractivity contribution in [1.82, 2.24) is 0 Å². The number of rotatable bonds is 1. The lowest BCUT2D eigenvalue weighted by Gasteiger charge is -2.20. The zero-order valence-electron chi connectivity index (χ0n) is 11.1. The third kappa shape index (κ3) is 2.64. The molecule has 2 aromatic rings. The van der Waals surface area contributed by atoms with Gasteiger partial charge in [-0.3, -0.25) is 4.90 Å². The molecule has 2 aromatic carbocycles. The van der Waals surface area contributed by atoms with Crippen LogP contribution in [0.4, 0.5) is 21.9 Å². The van der Waals surface area contributed by atoms with Crippen molar-refractivity contribution in [2.45, 2.75) is 6.42 Å². The minimum Gasteiger partial charge on any atom is -0.397 e. The van der Waals surface area contributed by atoms with Gasteiger partial charge in [-0.25, -0.2) is 4.79 Å². The average molecular weight is 322 g/mol. The topological polar surface area (TPSA) is 58.4 Å². The van der Waals surface area contributed by atoms with Gasteiger partial charge in [-0.15, -0.1) is 0 Å². The van der Waals surface area contributed by atoms with Crippen molar-refractivity contribution in [1.29, 1.82) is 0 Å². The molecule has 0 bridgehead atoms. The first-order valence-corrected chi connectivity index (χ1v) is 7.23. The quantitative estimate of drug-likeness (QED) is 0.774. The summed E-state index contributed by atoms with van der Waals surface area (Å²) < 4.78 is 0. The van der Waals surface area contributed by atoms with Gasteiger partial charge in [0.05, 0.1) is 22.1 Å². The Morgan fingerprint density at radius 2 is 2.05 bits per heavy atom. The molecule has 4 nitrogen and oxygen atoms in total. The second kappa shape index (κ2) is 5.47. The lowest BCUT2D eigenvalue weighted by molar-refractivity contribution is 0.257. The minimum absolute atomic E-state index is 0.268. The van der Waals surface area contributed by atoms with Crippen molar-refractivity contribution in [2.24, 2.45) is 0 Å². The largest absolute Gasteiger partial charge is 0.397 e. The summed E-state index contributed by atoms with van der Waals surface area (Å²) in [7, 11) is 0. The summed E-state index contributed by atoms with van der Waals surface area (Å²) in [5.41, 5.74) is 8.90. The summed E-state index contributed by atoms with van der Waals surface area (Å²) in [6, 6.07) is 10.3. The molecule has 6 heteroatoms. The van der Waals surface area contributed by atoms with E-state index in [0.717, 1.165) is 17.7 Å². The first-order valence-electron chi connectivity index (χ1n) is 6.47. The van der Waals surface area contributed by atoms with E-state index >= 15 is 0 Å². The van der Waals surface area contributed by atoms with Crippen molar-refractivity contribution in [2.75, 3.05) is 22.5 Å². The number of hydrogen-bond donors (Lipinski definition) is 2. The highest BCUT2D eigenvalue weighted by atomic mass is 35.5. The van der Waals surface area contributed by atoms with Gasteiger partial charge < -0.3 is 11.1 Å². The standard InChI is InChI=1S/C15H13Cl2N3O/c16-10-4-5-11(17)13(8-10)19-15(21)20-7-6-9-2-1-3-12(18)14(9)20/h1-5,8H,6-7,18H2,(H,19,21). The van der Waals surface area contributed by atoms with Crippen molar-refractivity contribution in [3.05, 3.63) is 52.0 Å². The molecule has 1 heterocycles. The predicted molar refractivity (Wildman–Crippen MR) is 87.4 cm³/mol. The fourth-order valence-corrected chi connectivity index (χ4v) is 2.80. The monoisotopic (exact) mass is 321 g/mol. The second-order valence-corrected chi connectivity index (χ2v) is 5.65. The van der Waals surface area contributed by atoms with Crippen LogP contribution in [0.1, 0.15) is 5.56 Å². The van der Waals surface area contributed by atoms with Crippen molar-refractivity contribution in [3.8, 4) is 0 Å². The van der Waals surface area contributed by atoms with E-state index in [0.29, 0.717) is 28.0 Å². The summed E-state index contributed by atoms with van der Waals surface area (Å²) in [5, 5.41) is 3.72. The highest BCUT2D eigenvalue weighted by Crippen LogP contribution is 2.34. The van der Waals surface area contributed by atoms with E-state index in [9.17, 15) is 4.79 Å². The Balaban J connectivity index is 1.87. The van der Waals surface area contributed by atoms with Gasteiger partial charge in [0.2, 0.25) is 0 Å². The van der Waals surface area contributed by atoms with Gasteiger partial charge in [-0.05, 0) is 36.2 Å². The number of carbonyl (C=O) groups is 1. The molecular formula is C15H13Cl2N3O. The van der Waals surface area contributed by atoms with Gasteiger partial charge in [0.15, 0.2) is 0 Å². The van der Waals surface area contributed by atoms with Crippen LogP contribution in [0.2, 0.25) is 10.0 Å². The van der Waals surface area contributed by atoms with Crippen LogP contribution in [-0.4, -0.2) is 12.6 Å². The normalized spacial score (nSPS) is 13.1. The third-order valence-corrected chi connectivity index (χ3v) is 4.01. The Morgan fingerprint density at radius 1 is 1.24 bits per heavy atom. The number of amides is 2. The summed E-state index contributed by atoms with van der Waals surface area (Å²) in [4.78, 5) is 14.1. The molecule has 1 aliphatic rings. The van der Waals surface area contributed by atoms with Crippen molar-refractivity contribution >= 4 is 46.3 Å². The van der Waals surface area contributed by atoms with E-state index in [1.807, 2.05) is 12.1 Å². The Kier molecular flexibility index (Phi) is 3.66. The van der Waals surface area contributed by atoms with Gasteiger partial charge in [0, 0.05) is 11.6 Å². The van der Waals surface area contributed by atoms with Crippen molar-refractivity contribution < 1.29 is 4.79 Å². The molecule has 0 atom stereocenters. The number of halogens is 2. The molecule has 0 aliphatic carbocycles. The predicted octanol–water partition coefficient (Wildman–Crippen LogP) is 4.17. The Labute approximate surface area is 132 Å². The number of nitrogens with one attached hydrogen (secondary N) is 1. The zero-order chi connectivity index (χ0) is 15.0. The highest BCUT2D eigenvalue weighted by molar-refractivity contribution is 6.35. The SMILES string of the molecule is Nc1cccc2c1N(C(=O)Nc1cc(Cl)ccc1Cl)CC2. The molecular weight excluding hydrogens is 309 g/mol.